The molecule has 0 radical (unpaired) electrons. The Morgan fingerprint density at radius 2 is 1.84 bits per heavy atom. The van der Waals surface area contributed by atoms with Gasteiger partial charge in [-0.25, -0.2) is 9.78 Å². The number of fused-ring (bicyclic) bond motifs is 2. The minimum absolute atomic E-state index is 0.197. The molecular weight excluding hydrogens is 506 g/mol. The van der Waals surface area contributed by atoms with Gasteiger partial charge in [0.25, 0.3) is 5.56 Å². The first-order valence-corrected chi connectivity index (χ1v) is 11.9. The molecule has 186 valence electrons. The van der Waals surface area contributed by atoms with E-state index >= 15 is 0 Å². The number of aromatic carboxylic acids is 1. The van der Waals surface area contributed by atoms with Crippen molar-refractivity contribution in [2.24, 2.45) is 5.10 Å². The van der Waals surface area contributed by atoms with Gasteiger partial charge in [-0.2, -0.15) is 9.78 Å². The SMILES string of the molecule is Cc1cc(C(=O)O)ccc1-c1ccc(C=Nn2c(-c3cc4cc(Cl)ccc4o3)nc3ccccc3c2=O)o1. The van der Waals surface area contributed by atoms with Gasteiger partial charge in [0.15, 0.2) is 5.76 Å². The summed E-state index contributed by atoms with van der Waals surface area (Å²) in [7, 11) is 0. The topological polar surface area (TPSA) is 111 Å². The molecule has 6 aromatic rings. The molecule has 0 aliphatic carbocycles. The summed E-state index contributed by atoms with van der Waals surface area (Å²) in [4.78, 5) is 29.3. The lowest BCUT2D eigenvalue weighted by Gasteiger charge is -2.07. The molecule has 8 nitrogen and oxygen atoms in total. The summed E-state index contributed by atoms with van der Waals surface area (Å²) in [6.07, 6.45) is 1.42. The van der Waals surface area contributed by atoms with Crippen molar-refractivity contribution in [2.75, 3.05) is 0 Å². The van der Waals surface area contributed by atoms with Gasteiger partial charge in [0, 0.05) is 16.0 Å². The number of carboxylic acids is 1. The summed E-state index contributed by atoms with van der Waals surface area (Å²) in [5, 5.41) is 15.4. The maximum absolute atomic E-state index is 13.4. The Morgan fingerprint density at radius 3 is 2.66 bits per heavy atom. The van der Waals surface area contributed by atoms with E-state index in [0.29, 0.717) is 38.8 Å². The van der Waals surface area contributed by atoms with Crippen molar-refractivity contribution in [3.63, 3.8) is 0 Å². The summed E-state index contributed by atoms with van der Waals surface area (Å²) in [5.41, 5.74) is 2.45. The Kier molecular flexibility index (Phi) is 5.66. The molecule has 6 rings (SSSR count). The standard InChI is InChI=1S/C29H18ClN3O5/c1-16-12-17(29(35)36)6-9-21(16)25-11-8-20(37-25)15-31-33-27(32-23-5-3-2-4-22(23)28(33)34)26-14-18-13-19(30)7-10-24(18)38-26/h2-15H,1H3,(H,35,36). The predicted octanol–water partition coefficient (Wildman–Crippen LogP) is 6.61. The number of furan rings is 2. The molecule has 0 fully saturated rings. The maximum Gasteiger partial charge on any atom is 0.335 e. The van der Waals surface area contributed by atoms with Crippen molar-refractivity contribution < 1.29 is 18.7 Å². The summed E-state index contributed by atoms with van der Waals surface area (Å²) in [5.74, 6) is 0.522. The first kappa shape index (κ1) is 23.4. The fourth-order valence-electron chi connectivity index (χ4n) is 4.27. The number of benzene rings is 3. The van der Waals surface area contributed by atoms with E-state index in [2.05, 4.69) is 10.1 Å². The lowest BCUT2D eigenvalue weighted by atomic mass is 10.0. The lowest BCUT2D eigenvalue weighted by Crippen LogP contribution is -2.20. The van der Waals surface area contributed by atoms with E-state index in [-0.39, 0.29) is 16.9 Å². The van der Waals surface area contributed by atoms with Gasteiger partial charge in [-0.1, -0.05) is 29.8 Å². The van der Waals surface area contributed by atoms with Crippen LogP contribution in [-0.4, -0.2) is 27.0 Å². The lowest BCUT2D eigenvalue weighted by molar-refractivity contribution is 0.0696. The number of para-hydroxylation sites is 1. The molecule has 3 aromatic heterocycles. The molecule has 0 bridgehead atoms. The van der Waals surface area contributed by atoms with Gasteiger partial charge in [0.05, 0.1) is 22.7 Å². The first-order valence-electron chi connectivity index (χ1n) is 11.6. The average Bonchev–Trinajstić information content (AvgIpc) is 3.55. The van der Waals surface area contributed by atoms with Crippen LogP contribution in [0.4, 0.5) is 0 Å². The van der Waals surface area contributed by atoms with Gasteiger partial charge in [-0.15, -0.1) is 0 Å². The zero-order valence-electron chi connectivity index (χ0n) is 19.9. The molecule has 0 saturated carbocycles. The zero-order valence-corrected chi connectivity index (χ0v) is 20.6. The highest BCUT2D eigenvalue weighted by molar-refractivity contribution is 6.31. The number of halogens is 1. The van der Waals surface area contributed by atoms with Gasteiger partial charge in [-0.3, -0.25) is 4.79 Å². The number of nitrogens with zero attached hydrogens (tertiary/aromatic N) is 3. The van der Waals surface area contributed by atoms with Gasteiger partial charge >= 0.3 is 5.97 Å². The number of carbonyl (C=O) groups is 1. The minimum Gasteiger partial charge on any atom is -0.478 e. The van der Waals surface area contributed by atoms with Crippen LogP contribution in [0.15, 0.2) is 97.6 Å². The third-order valence-electron chi connectivity index (χ3n) is 6.12. The number of rotatable bonds is 5. The molecular formula is C29H18ClN3O5. The van der Waals surface area contributed by atoms with Crippen molar-refractivity contribution >= 4 is 45.7 Å². The Morgan fingerprint density at radius 1 is 1.00 bits per heavy atom. The molecule has 1 N–H and O–H groups in total. The van der Waals surface area contributed by atoms with Crippen molar-refractivity contribution in [1.82, 2.24) is 9.66 Å². The second-order valence-corrected chi connectivity index (χ2v) is 9.08. The first-order chi connectivity index (χ1) is 18.4. The highest BCUT2D eigenvalue weighted by Gasteiger charge is 2.17. The molecule has 0 unspecified atom stereocenters. The fourth-order valence-corrected chi connectivity index (χ4v) is 4.45. The Balaban J connectivity index is 1.43. The summed E-state index contributed by atoms with van der Waals surface area (Å²) in [6, 6.07) is 22.3. The molecule has 0 amide bonds. The zero-order chi connectivity index (χ0) is 26.4. The van der Waals surface area contributed by atoms with Gasteiger partial charge in [0.1, 0.15) is 17.1 Å². The van der Waals surface area contributed by atoms with E-state index in [0.717, 1.165) is 16.5 Å². The van der Waals surface area contributed by atoms with Crippen LogP contribution in [-0.2, 0) is 0 Å². The number of aromatic nitrogens is 2. The molecule has 3 heterocycles. The molecule has 0 aliphatic rings. The van der Waals surface area contributed by atoms with Crippen LogP contribution in [0.5, 0.6) is 0 Å². The summed E-state index contributed by atoms with van der Waals surface area (Å²) >= 11 is 6.13. The van der Waals surface area contributed by atoms with E-state index in [1.807, 2.05) is 6.92 Å². The fraction of sp³-hybridized carbons (Fsp3) is 0.0345. The molecule has 38 heavy (non-hydrogen) atoms. The number of aryl methyl sites for hydroxylation is 1. The molecule has 0 atom stereocenters. The van der Waals surface area contributed by atoms with Crippen LogP contribution in [0.25, 0.3) is 44.8 Å². The van der Waals surface area contributed by atoms with Crippen LogP contribution >= 0.6 is 11.6 Å². The highest BCUT2D eigenvalue weighted by atomic mass is 35.5. The molecule has 3 aromatic carbocycles. The van der Waals surface area contributed by atoms with E-state index in [1.165, 1.54) is 17.0 Å². The molecule has 0 saturated heterocycles. The third-order valence-corrected chi connectivity index (χ3v) is 6.35. The summed E-state index contributed by atoms with van der Waals surface area (Å²) < 4.78 is 13.1. The van der Waals surface area contributed by atoms with Gasteiger partial charge in [-0.05, 0) is 73.2 Å². The largest absolute Gasteiger partial charge is 0.478 e. The monoisotopic (exact) mass is 523 g/mol. The second kappa shape index (κ2) is 9.17. The molecule has 0 spiro atoms. The Labute approximate surface area is 220 Å². The van der Waals surface area contributed by atoms with Crippen LogP contribution in [0.2, 0.25) is 5.02 Å². The van der Waals surface area contributed by atoms with Crippen LogP contribution < -0.4 is 5.56 Å². The van der Waals surface area contributed by atoms with Crippen molar-refractivity contribution in [3.05, 3.63) is 111 Å². The van der Waals surface area contributed by atoms with E-state index in [9.17, 15) is 14.7 Å². The average molecular weight is 524 g/mol. The van der Waals surface area contributed by atoms with Gasteiger partial charge < -0.3 is 13.9 Å². The molecule has 9 heteroatoms. The van der Waals surface area contributed by atoms with Crippen LogP contribution in [0.1, 0.15) is 21.7 Å². The Hall–Kier alpha value is -4.95. The van der Waals surface area contributed by atoms with Crippen molar-refractivity contribution in [1.29, 1.82) is 0 Å². The van der Waals surface area contributed by atoms with E-state index in [4.69, 9.17) is 20.4 Å². The van der Waals surface area contributed by atoms with E-state index in [1.54, 1.807) is 72.8 Å². The van der Waals surface area contributed by atoms with Gasteiger partial charge in [0.2, 0.25) is 5.82 Å². The third kappa shape index (κ3) is 4.16. The number of hydrogen-bond acceptors (Lipinski definition) is 6. The number of hydrogen-bond donors (Lipinski definition) is 1. The van der Waals surface area contributed by atoms with Crippen LogP contribution in [0.3, 0.4) is 0 Å². The maximum atomic E-state index is 13.4. The second-order valence-electron chi connectivity index (χ2n) is 8.64. The minimum atomic E-state index is -0.996. The Bertz CT molecular complexity index is 1960. The van der Waals surface area contributed by atoms with Crippen molar-refractivity contribution in [2.45, 2.75) is 6.92 Å². The summed E-state index contributed by atoms with van der Waals surface area (Å²) in [6.45, 7) is 1.81. The predicted molar refractivity (Wildman–Crippen MR) is 145 cm³/mol. The smallest absolute Gasteiger partial charge is 0.335 e. The van der Waals surface area contributed by atoms with E-state index < -0.39 is 5.97 Å². The number of carboxylic acid groups (broad SMARTS) is 1. The van der Waals surface area contributed by atoms with Crippen molar-refractivity contribution in [3.8, 4) is 22.9 Å². The van der Waals surface area contributed by atoms with Crippen LogP contribution in [0, 0.1) is 6.92 Å². The normalized spacial score (nSPS) is 11.6. The highest BCUT2D eigenvalue weighted by Crippen LogP contribution is 2.29. The quantitative estimate of drug-likeness (QED) is 0.254. The molecule has 0 aliphatic heterocycles.